The van der Waals surface area contributed by atoms with Crippen molar-refractivity contribution in [3.05, 3.63) is 54.5 Å². The molecule has 122 valence electrons. The number of hydrogen-bond donors (Lipinski definition) is 1. The molecule has 1 aromatic carbocycles. The number of aromatic nitrogens is 4. The Bertz CT molecular complexity index is 842. The Morgan fingerprint density at radius 2 is 2.17 bits per heavy atom. The minimum atomic E-state index is -0.235. The molecule has 0 aliphatic heterocycles. The van der Waals surface area contributed by atoms with Gasteiger partial charge in [-0.2, -0.15) is 0 Å². The molecule has 0 aliphatic rings. The Labute approximate surface area is 139 Å². The summed E-state index contributed by atoms with van der Waals surface area (Å²) in [6, 6.07) is 10.8. The van der Waals surface area contributed by atoms with Crippen LogP contribution in [0.5, 0.6) is 5.88 Å². The molecule has 0 saturated carbocycles. The molecule has 2 aromatic heterocycles. The Hall–Kier alpha value is -3.22. The maximum Gasteiger partial charge on any atom is 0.257 e. The third-order valence-electron chi connectivity index (χ3n) is 3.38. The number of ether oxygens (including phenoxy) is 1. The summed E-state index contributed by atoms with van der Waals surface area (Å²) in [6.45, 7) is 2.42. The minimum Gasteiger partial charge on any atom is -0.478 e. The van der Waals surface area contributed by atoms with Crippen molar-refractivity contribution in [2.24, 2.45) is 7.05 Å². The number of amides is 1. The van der Waals surface area contributed by atoms with Gasteiger partial charge in [-0.25, -0.2) is 4.98 Å². The maximum absolute atomic E-state index is 12.3. The van der Waals surface area contributed by atoms with Crippen molar-refractivity contribution >= 4 is 11.6 Å². The molecular formula is C17H17N5O2. The highest BCUT2D eigenvalue weighted by Gasteiger charge is 2.09. The highest BCUT2D eigenvalue weighted by atomic mass is 16.5. The molecule has 0 saturated heterocycles. The summed E-state index contributed by atoms with van der Waals surface area (Å²) in [5, 5.41) is 10.8. The second kappa shape index (κ2) is 6.91. The SMILES string of the molecule is CCOc1ccc(C(=O)Nc2cccc(-c3nncn3C)c2)cn1. The highest BCUT2D eigenvalue weighted by Crippen LogP contribution is 2.20. The first kappa shape index (κ1) is 15.7. The summed E-state index contributed by atoms with van der Waals surface area (Å²) in [6.07, 6.45) is 3.12. The first-order valence-corrected chi connectivity index (χ1v) is 7.52. The molecule has 0 spiro atoms. The number of nitrogens with zero attached hydrogens (tertiary/aromatic N) is 4. The van der Waals surface area contributed by atoms with Crippen LogP contribution < -0.4 is 10.1 Å². The van der Waals surface area contributed by atoms with Crippen LogP contribution in [0.1, 0.15) is 17.3 Å². The van der Waals surface area contributed by atoms with Gasteiger partial charge in [-0.05, 0) is 25.1 Å². The molecule has 0 bridgehead atoms. The van der Waals surface area contributed by atoms with Crippen molar-refractivity contribution in [1.29, 1.82) is 0 Å². The number of nitrogens with one attached hydrogen (secondary N) is 1. The number of hydrogen-bond acceptors (Lipinski definition) is 5. The van der Waals surface area contributed by atoms with Crippen molar-refractivity contribution in [3.63, 3.8) is 0 Å². The molecule has 7 heteroatoms. The minimum absolute atomic E-state index is 0.235. The summed E-state index contributed by atoms with van der Waals surface area (Å²) < 4.78 is 7.09. The van der Waals surface area contributed by atoms with Gasteiger partial charge in [-0.15, -0.1) is 10.2 Å². The van der Waals surface area contributed by atoms with E-state index in [0.717, 1.165) is 11.4 Å². The standard InChI is InChI=1S/C17H17N5O2/c1-3-24-15-8-7-13(10-18-15)17(23)20-14-6-4-5-12(9-14)16-21-19-11-22(16)2/h4-11H,3H2,1-2H3,(H,20,23). The second-order valence-corrected chi connectivity index (χ2v) is 5.12. The van der Waals surface area contributed by atoms with Crippen LogP contribution in [0.2, 0.25) is 0 Å². The van der Waals surface area contributed by atoms with Crippen LogP contribution in [0, 0.1) is 0 Å². The van der Waals surface area contributed by atoms with Crippen LogP contribution >= 0.6 is 0 Å². The Morgan fingerprint density at radius 1 is 1.29 bits per heavy atom. The van der Waals surface area contributed by atoms with E-state index < -0.39 is 0 Å². The molecule has 0 fully saturated rings. The van der Waals surface area contributed by atoms with E-state index >= 15 is 0 Å². The summed E-state index contributed by atoms with van der Waals surface area (Å²) in [4.78, 5) is 16.4. The molecule has 3 aromatic rings. The number of anilines is 1. The highest BCUT2D eigenvalue weighted by molar-refractivity contribution is 6.04. The van der Waals surface area contributed by atoms with E-state index in [1.807, 2.05) is 42.8 Å². The van der Waals surface area contributed by atoms with Gasteiger partial charge in [0.25, 0.3) is 5.91 Å². The number of pyridine rings is 1. The van der Waals surface area contributed by atoms with Crippen molar-refractivity contribution < 1.29 is 9.53 Å². The van der Waals surface area contributed by atoms with Gasteiger partial charge in [0.05, 0.1) is 12.2 Å². The first-order chi connectivity index (χ1) is 11.7. The topological polar surface area (TPSA) is 81.9 Å². The molecule has 2 heterocycles. The van der Waals surface area contributed by atoms with E-state index in [2.05, 4.69) is 20.5 Å². The van der Waals surface area contributed by atoms with Crippen LogP contribution in [0.3, 0.4) is 0 Å². The van der Waals surface area contributed by atoms with E-state index in [9.17, 15) is 4.79 Å². The number of carbonyl (C=O) groups excluding carboxylic acids is 1. The fourth-order valence-electron chi connectivity index (χ4n) is 2.23. The molecule has 24 heavy (non-hydrogen) atoms. The zero-order chi connectivity index (χ0) is 16.9. The summed E-state index contributed by atoms with van der Waals surface area (Å²) in [5.74, 6) is 0.993. The Morgan fingerprint density at radius 3 is 2.83 bits per heavy atom. The molecule has 1 N–H and O–H groups in total. The predicted octanol–water partition coefficient (Wildman–Crippen LogP) is 2.53. The van der Waals surface area contributed by atoms with E-state index in [4.69, 9.17) is 4.74 Å². The fraction of sp³-hybridized carbons (Fsp3) is 0.176. The molecule has 0 aliphatic carbocycles. The predicted molar refractivity (Wildman–Crippen MR) is 89.8 cm³/mol. The normalized spacial score (nSPS) is 10.4. The smallest absolute Gasteiger partial charge is 0.257 e. The lowest BCUT2D eigenvalue weighted by molar-refractivity contribution is 0.102. The Balaban J connectivity index is 1.76. The number of rotatable bonds is 5. The average molecular weight is 323 g/mol. The zero-order valence-electron chi connectivity index (χ0n) is 13.4. The maximum atomic E-state index is 12.3. The van der Waals surface area contributed by atoms with Crippen molar-refractivity contribution in [2.45, 2.75) is 6.92 Å². The molecule has 0 radical (unpaired) electrons. The fourth-order valence-corrected chi connectivity index (χ4v) is 2.23. The summed E-state index contributed by atoms with van der Waals surface area (Å²) in [7, 11) is 1.87. The second-order valence-electron chi connectivity index (χ2n) is 5.12. The van der Waals surface area contributed by atoms with Gasteiger partial charge in [0, 0.05) is 30.6 Å². The first-order valence-electron chi connectivity index (χ1n) is 7.52. The molecule has 3 rings (SSSR count). The van der Waals surface area contributed by atoms with Gasteiger partial charge < -0.3 is 14.6 Å². The molecule has 7 nitrogen and oxygen atoms in total. The molecule has 0 unspecified atom stereocenters. The van der Waals surface area contributed by atoms with Gasteiger partial charge >= 0.3 is 0 Å². The molecule has 0 atom stereocenters. The quantitative estimate of drug-likeness (QED) is 0.780. The lowest BCUT2D eigenvalue weighted by atomic mass is 10.2. The van der Waals surface area contributed by atoms with Crippen molar-refractivity contribution in [3.8, 4) is 17.3 Å². The van der Waals surface area contributed by atoms with Gasteiger partial charge in [-0.3, -0.25) is 4.79 Å². The summed E-state index contributed by atoms with van der Waals surface area (Å²) >= 11 is 0. The van der Waals surface area contributed by atoms with E-state index in [1.54, 1.807) is 18.5 Å². The van der Waals surface area contributed by atoms with Crippen LogP contribution in [-0.2, 0) is 7.05 Å². The summed E-state index contributed by atoms with van der Waals surface area (Å²) in [5.41, 5.74) is 2.01. The van der Waals surface area contributed by atoms with Gasteiger partial charge in [-0.1, -0.05) is 12.1 Å². The van der Waals surface area contributed by atoms with Gasteiger partial charge in [0.2, 0.25) is 5.88 Å². The zero-order valence-corrected chi connectivity index (χ0v) is 13.4. The van der Waals surface area contributed by atoms with Crippen LogP contribution in [0.25, 0.3) is 11.4 Å². The molecular weight excluding hydrogens is 306 g/mol. The van der Waals surface area contributed by atoms with Crippen molar-refractivity contribution in [1.82, 2.24) is 19.7 Å². The third kappa shape index (κ3) is 3.40. The Kier molecular flexibility index (Phi) is 4.51. The monoisotopic (exact) mass is 323 g/mol. The number of aryl methyl sites for hydroxylation is 1. The van der Waals surface area contributed by atoms with Gasteiger partial charge in [0.15, 0.2) is 5.82 Å². The molecule has 1 amide bonds. The van der Waals surface area contributed by atoms with E-state index in [0.29, 0.717) is 23.7 Å². The third-order valence-corrected chi connectivity index (χ3v) is 3.38. The van der Waals surface area contributed by atoms with Crippen LogP contribution in [0.15, 0.2) is 48.9 Å². The lowest BCUT2D eigenvalue weighted by Crippen LogP contribution is -2.12. The number of benzene rings is 1. The lowest BCUT2D eigenvalue weighted by Gasteiger charge is -2.08. The average Bonchev–Trinajstić information content (AvgIpc) is 3.02. The van der Waals surface area contributed by atoms with Gasteiger partial charge in [0.1, 0.15) is 6.33 Å². The van der Waals surface area contributed by atoms with Crippen LogP contribution in [-0.4, -0.2) is 32.3 Å². The van der Waals surface area contributed by atoms with E-state index in [1.165, 1.54) is 6.20 Å². The number of carbonyl (C=O) groups is 1. The van der Waals surface area contributed by atoms with Crippen molar-refractivity contribution in [2.75, 3.05) is 11.9 Å². The van der Waals surface area contributed by atoms with Crippen LogP contribution in [0.4, 0.5) is 5.69 Å². The van der Waals surface area contributed by atoms with E-state index in [-0.39, 0.29) is 5.91 Å². The largest absolute Gasteiger partial charge is 0.478 e.